The summed E-state index contributed by atoms with van der Waals surface area (Å²) in [6.07, 6.45) is 3.52. The maximum atomic E-state index is 13.0. The van der Waals surface area contributed by atoms with Crippen molar-refractivity contribution in [1.29, 1.82) is 0 Å². The van der Waals surface area contributed by atoms with Gasteiger partial charge in [0.25, 0.3) is 5.91 Å². The fraction of sp³-hybridized carbons (Fsp3) is 0.350. The lowest BCUT2D eigenvalue weighted by Gasteiger charge is -2.32. The molecular formula is C20H23N5O2. The van der Waals surface area contributed by atoms with Crippen molar-refractivity contribution in [2.75, 3.05) is 32.1 Å². The molecule has 0 aliphatic carbocycles. The Bertz CT molecular complexity index is 935. The van der Waals surface area contributed by atoms with Crippen molar-refractivity contribution in [3.63, 3.8) is 0 Å². The Balaban J connectivity index is 1.45. The number of anilines is 1. The van der Waals surface area contributed by atoms with Crippen molar-refractivity contribution >= 4 is 22.6 Å². The number of ether oxygens (including phenoxy) is 1. The SMILES string of the molecule is CN(C)c1ccc(OC2CCCN(C(=O)c3c[nH]c4ccccc34)C2)nn1. The maximum absolute atomic E-state index is 13.0. The van der Waals surface area contributed by atoms with Gasteiger partial charge >= 0.3 is 0 Å². The van der Waals surface area contributed by atoms with Gasteiger partial charge in [0.05, 0.1) is 12.1 Å². The lowest BCUT2D eigenvalue weighted by Crippen LogP contribution is -2.44. The molecule has 0 saturated carbocycles. The number of para-hydroxylation sites is 1. The summed E-state index contributed by atoms with van der Waals surface area (Å²) in [7, 11) is 3.83. The zero-order valence-corrected chi connectivity index (χ0v) is 15.6. The molecule has 1 unspecified atom stereocenters. The number of nitrogens with zero attached hydrogens (tertiary/aromatic N) is 4. The van der Waals surface area contributed by atoms with Gasteiger partial charge in [-0.2, -0.15) is 0 Å². The van der Waals surface area contributed by atoms with Crippen LogP contribution in [0.1, 0.15) is 23.2 Å². The smallest absolute Gasteiger partial charge is 0.256 e. The van der Waals surface area contributed by atoms with Gasteiger partial charge in [0.2, 0.25) is 5.88 Å². The number of rotatable bonds is 4. The summed E-state index contributed by atoms with van der Waals surface area (Å²) in [6, 6.07) is 11.6. The molecular weight excluding hydrogens is 342 g/mol. The van der Waals surface area contributed by atoms with Crippen LogP contribution >= 0.6 is 0 Å². The first kappa shape index (κ1) is 17.3. The molecule has 1 aliphatic rings. The number of fused-ring (bicyclic) bond motifs is 1. The quantitative estimate of drug-likeness (QED) is 0.769. The molecule has 0 radical (unpaired) electrons. The van der Waals surface area contributed by atoms with Gasteiger partial charge in [0.15, 0.2) is 5.82 Å². The number of aromatic nitrogens is 3. The first-order chi connectivity index (χ1) is 13.1. The van der Waals surface area contributed by atoms with E-state index in [0.717, 1.165) is 36.1 Å². The molecule has 0 bridgehead atoms. The number of hydrogen-bond donors (Lipinski definition) is 1. The molecule has 2 aromatic heterocycles. The molecule has 1 atom stereocenters. The minimum atomic E-state index is -0.0765. The van der Waals surface area contributed by atoms with Crippen molar-refractivity contribution in [2.45, 2.75) is 18.9 Å². The molecule has 1 amide bonds. The summed E-state index contributed by atoms with van der Waals surface area (Å²) in [5.41, 5.74) is 1.68. The van der Waals surface area contributed by atoms with Crippen molar-refractivity contribution in [2.24, 2.45) is 0 Å². The van der Waals surface area contributed by atoms with E-state index in [9.17, 15) is 4.79 Å². The number of benzene rings is 1. The third-order valence-electron chi connectivity index (χ3n) is 4.86. The number of carbonyl (C=O) groups is 1. The van der Waals surface area contributed by atoms with E-state index in [1.165, 1.54) is 0 Å². The Morgan fingerprint density at radius 1 is 1.22 bits per heavy atom. The van der Waals surface area contributed by atoms with Gasteiger partial charge in [-0.15, -0.1) is 10.2 Å². The predicted molar refractivity (Wildman–Crippen MR) is 104 cm³/mol. The van der Waals surface area contributed by atoms with Crippen LogP contribution in [0.3, 0.4) is 0 Å². The second-order valence-corrected chi connectivity index (χ2v) is 7.01. The van der Waals surface area contributed by atoms with Gasteiger partial charge < -0.3 is 19.5 Å². The fourth-order valence-corrected chi connectivity index (χ4v) is 3.42. The number of likely N-dealkylation sites (tertiary alicyclic amines) is 1. The molecule has 1 aliphatic heterocycles. The average molecular weight is 365 g/mol. The lowest BCUT2D eigenvalue weighted by atomic mass is 10.1. The van der Waals surface area contributed by atoms with E-state index in [1.807, 2.05) is 60.3 Å². The van der Waals surface area contributed by atoms with E-state index in [2.05, 4.69) is 15.2 Å². The van der Waals surface area contributed by atoms with Crippen LogP contribution in [0, 0.1) is 0 Å². The molecule has 1 N–H and O–H groups in total. The second kappa shape index (κ2) is 7.26. The van der Waals surface area contributed by atoms with Crippen molar-refractivity contribution in [1.82, 2.24) is 20.1 Å². The Hall–Kier alpha value is -3.09. The summed E-state index contributed by atoms with van der Waals surface area (Å²) >= 11 is 0. The summed E-state index contributed by atoms with van der Waals surface area (Å²) < 4.78 is 5.98. The zero-order chi connectivity index (χ0) is 18.8. The van der Waals surface area contributed by atoms with Gasteiger partial charge in [-0.1, -0.05) is 18.2 Å². The van der Waals surface area contributed by atoms with Crippen molar-refractivity contribution < 1.29 is 9.53 Å². The highest BCUT2D eigenvalue weighted by Gasteiger charge is 2.27. The van der Waals surface area contributed by atoms with Gasteiger partial charge in [-0.3, -0.25) is 4.79 Å². The summed E-state index contributed by atoms with van der Waals surface area (Å²) in [5, 5.41) is 9.23. The number of hydrogen-bond acceptors (Lipinski definition) is 5. The third kappa shape index (κ3) is 3.58. The molecule has 3 heterocycles. The summed E-state index contributed by atoms with van der Waals surface area (Å²) in [4.78, 5) is 19.9. The van der Waals surface area contributed by atoms with Crippen LogP contribution in [0.25, 0.3) is 10.9 Å². The highest BCUT2D eigenvalue weighted by molar-refractivity contribution is 6.06. The van der Waals surface area contributed by atoms with Crippen LogP contribution in [-0.2, 0) is 0 Å². The van der Waals surface area contributed by atoms with Crippen molar-refractivity contribution in [3.05, 3.63) is 48.2 Å². The van der Waals surface area contributed by atoms with E-state index in [4.69, 9.17) is 4.74 Å². The number of nitrogens with one attached hydrogen (secondary N) is 1. The number of carbonyl (C=O) groups excluding carboxylic acids is 1. The summed E-state index contributed by atoms with van der Waals surface area (Å²) in [6.45, 7) is 1.29. The zero-order valence-electron chi connectivity index (χ0n) is 15.6. The predicted octanol–water partition coefficient (Wildman–Crippen LogP) is 2.71. The largest absolute Gasteiger partial charge is 0.471 e. The second-order valence-electron chi connectivity index (χ2n) is 7.01. The molecule has 3 aromatic rings. The van der Waals surface area contributed by atoms with E-state index in [1.54, 1.807) is 6.20 Å². The first-order valence-electron chi connectivity index (χ1n) is 9.15. The Morgan fingerprint density at radius 3 is 2.85 bits per heavy atom. The van der Waals surface area contributed by atoms with Crippen LogP contribution in [-0.4, -0.2) is 59.3 Å². The van der Waals surface area contributed by atoms with Crippen LogP contribution in [0.5, 0.6) is 5.88 Å². The average Bonchev–Trinajstić information content (AvgIpc) is 3.12. The van der Waals surface area contributed by atoms with Gasteiger partial charge in [0, 0.05) is 43.8 Å². The molecule has 4 rings (SSSR count). The number of amides is 1. The highest BCUT2D eigenvalue weighted by Crippen LogP contribution is 2.23. The summed E-state index contributed by atoms with van der Waals surface area (Å²) in [5.74, 6) is 1.31. The Kier molecular flexibility index (Phi) is 4.66. The minimum absolute atomic E-state index is 0.0368. The molecule has 1 saturated heterocycles. The first-order valence-corrected chi connectivity index (χ1v) is 9.15. The molecule has 27 heavy (non-hydrogen) atoms. The molecule has 7 heteroatoms. The van der Waals surface area contributed by atoms with Crippen LogP contribution < -0.4 is 9.64 Å². The Labute approximate surface area is 157 Å². The minimum Gasteiger partial charge on any atom is -0.471 e. The normalized spacial score (nSPS) is 17.1. The van der Waals surface area contributed by atoms with E-state index in [0.29, 0.717) is 18.0 Å². The van der Waals surface area contributed by atoms with E-state index >= 15 is 0 Å². The topological polar surface area (TPSA) is 74.3 Å². The third-order valence-corrected chi connectivity index (χ3v) is 4.86. The molecule has 140 valence electrons. The standard InChI is InChI=1S/C20H23N5O2/c1-24(2)18-9-10-19(23-22-18)27-14-6-5-11-25(13-14)20(26)16-12-21-17-8-4-3-7-15(16)17/h3-4,7-10,12,14,21H,5-6,11,13H2,1-2H3. The number of H-pyrrole nitrogens is 1. The Morgan fingerprint density at radius 2 is 2.07 bits per heavy atom. The van der Waals surface area contributed by atoms with Crippen LogP contribution in [0.15, 0.2) is 42.6 Å². The van der Waals surface area contributed by atoms with Gasteiger partial charge in [0.1, 0.15) is 6.10 Å². The maximum Gasteiger partial charge on any atom is 0.256 e. The van der Waals surface area contributed by atoms with E-state index < -0.39 is 0 Å². The van der Waals surface area contributed by atoms with Crippen molar-refractivity contribution in [3.8, 4) is 5.88 Å². The van der Waals surface area contributed by atoms with Gasteiger partial charge in [-0.25, -0.2) is 0 Å². The molecule has 1 fully saturated rings. The van der Waals surface area contributed by atoms with Crippen LogP contribution in [0.2, 0.25) is 0 Å². The van der Waals surface area contributed by atoms with E-state index in [-0.39, 0.29) is 12.0 Å². The van der Waals surface area contributed by atoms with Gasteiger partial charge in [-0.05, 0) is 25.0 Å². The number of piperidine rings is 1. The molecule has 1 aromatic carbocycles. The number of aromatic amines is 1. The lowest BCUT2D eigenvalue weighted by molar-refractivity contribution is 0.0527. The molecule has 0 spiro atoms. The highest BCUT2D eigenvalue weighted by atomic mass is 16.5. The monoisotopic (exact) mass is 365 g/mol. The van der Waals surface area contributed by atoms with Crippen LogP contribution in [0.4, 0.5) is 5.82 Å². The molecule has 7 nitrogen and oxygen atoms in total. The fourth-order valence-electron chi connectivity index (χ4n) is 3.42.